The van der Waals surface area contributed by atoms with E-state index in [0.717, 1.165) is 32.2 Å². The standard InChI is InChI=1S/C11H22N2O2/c1-3-12-9-4-6-10(7-5-9)13-11(14)8-15-2/h9-10,12H,3-8H2,1-2H3,(H,13,14). The van der Waals surface area contributed by atoms with Crippen LogP contribution in [0.2, 0.25) is 0 Å². The largest absolute Gasteiger partial charge is 0.375 e. The van der Waals surface area contributed by atoms with Crippen molar-refractivity contribution >= 4 is 5.91 Å². The second-order valence-corrected chi connectivity index (χ2v) is 4.11. The maximum absolute atomic E-state index is 11.3. The number of methoxy groups -OCH3 is 1. The molecular formula is C11H22N2O2. The van der Waals surface area contributed by atoms with Crippen LogP contribution >= 0.6 is 0 Å². The van der Waals surface area contributed by atoms with Crippen molar-refractivity contribution in [2.75, 3.05) is 20.3 Å². The molecular weight excluding hydrogens is 192 g/mol. The van der Waals surface area contributed by atoms with E-state index in [1.807, 2.05) is 0 Å². The van der Waals surface area contributed by atoms with Gasteiger partial charge in [-0.1, -0.05) is 6.92 Å². The lowest BCUT2D eigenvalue weighted by atomic mass is 9.91. The first-order chi connectivity index (χ1) is 7.26. The average Bonchev–Trinajstić information content (AvgIpc) is 2.22. The van der Waals surface area contributed by atoms with Crippen LogP contribution in [0.3, 0.4) is 0 Å². The summed E-state index contributed by atoms with van der Waals surface area (Å²) >= 11 is 0. The van der Waals surface area contributed by atoms with E-state index in [9.17, 15) is 4.79 Å². The molecule has 0 aromatic heterocycles. The molecule has 0 atom stereocenters. The van der Waals surface area contributed by atoms with Gasteiger partial charge in [0.1, 0.15) is 6.61 Å². The summed E-state index contributed by atoms with van der Waals surface area (Å²) < 4.78 is 4.78. The molecule has 0 spiro atoms. The molecule has 0 aromatic carbocycles. The van der Waals surface area contributed by atoms with Crippen molar-refractivity contribution in [1.29, 1.82) is 0 Å². The van der Waals surface area contributed by atoms with Gasteiger partial charge in [-0.25, -0.2) is 0 Å². The Labute approximate surface area is 91.8 Å². The van der Waals surface area contributed by atoms with Crippen LogP contribution in [0.4, 0.5) is 0 Å². The maximum atomic E-state index is 11.3. The Morgan fingerprint density at radius 3 is 2.40 bits per heavy atom. The summed E-state index contributed by atoms with van der Waals surface area (Å²) in [6.07, 6.45) is 4.47. The van der Waals surface area contributed by atoms with Crippen molar-refractivity contribution in [1.82, 2.24) is 10.6 Å². The highest BCUT2D eigenvalue weighted by Crippen LogP contribution is 2.18. The van der Waals surface area contributed by atoms with Crippen LogP contribution < -0.4 is 10.6 Å². The lowest BCUT2D eigenvalue weighted by molar-refractivity contribution is -0.125. The topological polar surface area (TPSA) is 50.4 Å². The Balaban J connectivity index is 2.16. The molecule has 4 heteroatoms. The molecule has 0 bridgehead atoms. The molecule has 0 radical (unpaired) electrons. The summed E-state index contributed by atoms with van der Waals surface area (Å²) in [5.74, 6) is 0.00407. The number of carbonyl (C=O) groups is 1. The van der Waals surface area contributed by atoms with Gasteiger partial charge in [0.2, 0.25) is 5.91 Å². The number of nitrogens with one attached hydrogen (secondary N) is 2. The summed E-state index contributed by atoms with van der Waals surface area (Å²) in [4.78, 5) is 11.3. The first kappa shape index (κ1) is 12.5. The first-order valence-electron chi connectivity index (χ1n) is 5.78. The zero-order valence-electron chi connectivity index (χ0n) is 9.71. The third-order valence-electron chi connectivity index (χ3n) is 2.86. The van der Waals surface area contributed by atoms with Gasteiger partial charge in [0.05, 0.1) is 0 Å². The number of ether oxygens (including phenoxy) is 1. The Bertz CT molecular complexity index is 189. The maximum Gasteiger partial charge on any atom is 0.246 e. The molecule has 0 aromatic rings. The van der Waals surface area contributed by atoms with Gasteiger partial charge < -0.3 is 15.4 Å². The number of carbonyl (C=O) groups excluding carboxylic acids is 1. The van der Waals surface area contributed by atoms with Gasteiger partial charge in [-0.05, 0) is 32.2 Å². The van der Waals surface area contributed by atoms with Crippen LogP contribution in [0, 0.1) is 0 Å². The van der Waals surface area contributed by atoms with Gasteiger partial charge in [-0.3, -0.25) is 4.79 Å². The molecule has 15 heavy (non-hydrogen) atoms. The smallest absolute Gasteiger partial charge is 0.246 e. The van der Waals surface area contributed by atoms with Crippen molar-refractivity contribution in [2.24, 2.45) is 0 Å². The van der Waals surface area contributed by atoms with E-state index >= 15 is 0 Å². The fourth-order valence-corrected chi connectivity index (χ4v) is 2.13. The summed E-state index contributed by atoms with van der Waals surface area (Å²) in [6.45, 7) is 3.34. The Morgan fingerprint density at radius 2 is 1.87 bits per heavy atom. The van der Waals surface area contributed by atoms with Crippen LogP contribution in [-0.2, 0) is 9.53 Å². The third-order valence-corrected chi connectivity index (χ3v) is 2.86. The lowest BCUT2D eigenvalue weighted by Gasteiger charge is -2.29. The molecule has 1 aliphatic rings. The van der Waals surface area contributed by atoms with E-state index in [0.29, 0.717) is 12.1 Å². The monoisotopic (exact) mass is 214 g/mol. The highest BCUT2D eigenvalue weighted by Gasteiger charge is 2.21. The Morgan fingerprint density at radius 1 is 1.27 bits per heavy atom. The summed E-state index contributed by atoms with van der Waals surface area (Å²) in [5, 5.41) is 6.44. The Kier molecular flexibility index (Phi) is 5.65. The summed E-state index contributed by atoms with van der Waals surface area (Å²) in [5.41, 5.74) is 0. The minimum atomic E-state index is 0.00407. The molecule has 0 heterocycles. The normalized spacial score (nSPS) is 26.3. The van der Waals surface area contributed by atoms with Crippen molar-refractivity contribution < 1.29 is 9.53 Å². The van der Waals surface area contributed by atoms with Gasteiger partial charge >= 0.3 is 0 Å². The molecule has 4 nitrogen and oxygen atoms in total. The molecule has 1 rings (SSSR count). The number of amides is 1. The van der Waals surface area contributed by atoms with Crippen molar-refractivity contribution in [2.45, 2.75) is 44.7 Å². The Hall–Kier alpha value is -0.610. The second-order valence-electron chi connectivity index (χ2n) is 4.11. The van der Waals surface area contributed by atoms with Crippen LogP contribution in [0.1, 0.15) is 32.6 Å². The third kappa shape index (κ3) is 4.62. The molecule has 0 aliphatic heterocycles. The van der Waals surface area contributed by atoms with Gasteiger partial charge in [-0.2, -0.15) is 0 Å². The van der Waals surface area contributed by atoms with Crippen molar-refractivity contribution in [3.63, 3.8) is 0 Å². The van der Waals surface area contributed by atoms with Crippen LogP contribution in [0.15, 0.2) is 0 Å². The van der Waals surface area contributed by atoms with E-state index in [-0.39, 0.29) is 12.5 Å². The van der Waals surface area contributed by atoms with Gasteiger partial charge in [0.25, 0.3) is 0 Å². The molecule has 2 N–H and O–H groups in total. The number of hydrogen-bond acceptors (Lipinski definition) is 3. The zero-order chi connectivity index (χ0) is 11.1. The summed E-state index contributed by atoms with van der Waals surface area (Å²) in [6, 6.07) is 0.994. The molecule has 0 saturated heterocycles. The predicted octanol–water partition coefficient (Wildman–Crippen LogP) is 0.670. The fourth-order valence-electron chi connectivity index (χ4n) is 2.13. The van der Waals surface area contributed by atoms with Gasteiger partial charge in [-0.15, -0.1) is 0 Å². The SMILES string of the molecule is CCNC1CCC(NC(=O)COC)CC1. The van der Waals surface area contributed by atoms with Crippen LogP contribution in [0.5, 0.6) is 0 Å². The highest BCUT2D eigenvalue weighted by molar-refractivity contribution is 5.77. The molecule has 1 saturated carbocycles. The fraction of sp³-hybridized carbons (Fsp3) is 0.909. The highest BCUT2D eigenvalue weighted by atomic mass is 16.5. The molecule has 0 unspecified atom stereocenters. The van der Waals surface area contributed by atoms with Crippen molar-refractivity contribution in [3.8, 4) is 0 Å². The zero-order valence-corrected chi connectivity index (χ0v) is 9.71. The minimum Gasteiger partial charge on any atom is -0.375 e. The van der Waals surface area contributed by atoms with E-state index in [1.54, 1.807) is 7.11 Å². The molecule has 1 amide bonds. The number of hydrogen-bond donors (Lipinski definition) is 2. The quantitative estimate of drug-likeness (QED) is 0.707. The van der Waals surface area contributed by atoms with Crippen LogP contribution in [0.25, 0.3) is 0 Å². The molecule has 88 valence electrons. The molecule has 1 fully saturated rings. The van der Waals surface area contributed by atoms with Crippen LogP contribution in [-0.4, -0.2) is 38.3 Å². The van der Waals surface area contributed by atoms with Gasteiger partial charge in [0.15, 0.2) is 0 Å². The first-order valence-corrected chi connectivity index (χ1v) is 5.78. The minimum absolute atomic E-state index is 0.00407. The predicted molar refractivity (Wildman–Crippen MR) is 59.7 cm³/mol. The van der Waals surface area contributed by atoms with E-state index in [1.165, 1.54) is 0 Å². The van der Waals surface area contributed by atoms with E-state index in [4.69, 9.17) is 4.74 Å². The van der Waals surface area contributed by atoms with Gasteiger partial charge in [0, 0.05) is 19.2 Å². The summed E-state index contributed by atoms with van der Waals surface area (Å²) in [7, 11) is 1.54. The lowest BCUT2D eigenvalue weighted by Crippen LogP contribution is -2.43. The van der Waals surface area contributed by atoms with E-state index < -0.39 is 0 Å². The second kappa shape index (κ2) is 6.80. The molecule has 1 aliphatic carbocycles. The van der Waals surface area contributed by atoms with E-state index in [2.05, 4.69) is 17.6 Å². The average molecular weight is 214 g/mol. The van der Waals surface area contributed by atoms with Crippen molar-refractivity contribution in [3.05, 3.63) is 0 Å². The number of rotatable bonds is 5.